The fourth-order valence-corrected chi connectivity index (χ4v) is 4.37. The number of likely N-dealkylation sites (N-methyl/N-ethyl adjacent to an activating group) is 1. The number of nitrogens with zero attached hydrogens (tertiary/aromatic N) is 1. The number of hydrogen-bond donors (Lipinski definition) is 1. The van der Waals surface area contributed by atoms with Gasteiger partial charge in [0.2, 0.25) is 11.8 Å². The van der Waals surface area contributed by atoms with Gasteiger partial charge in [0.1, 0.15) is 6.04 Å². The highest BCUT2D eigenvalue weighted by Gasteiger charge is 2.29. The molecule has 0 radical (unpaired) electrons. The van der Waals surface area contributed by atoms with Crippen molar-refractivity contribution in [2.24, 2.45) is 0 Å². The first-order valence-corrected chi connectivity index (χ1v) is 11.5. The molecule has 0 saturated heterocycles. The lowest BCUT2D eigenvalue weighted by atomic mass is 10.1. The molecule has 0 saturated carbocycles. The molecule has 0 unspecified atom stereocenters. The van der Waals surface area contributed by atoms with E-state index < -0.39 is 6.04 Å². The number of halogens is 2. The molecule has 0 aliphatic carbocycles. The molecule has 0 bridgehead atoms. The van der Waals surface area contributed by atoms with Crippen LogP contribution in [0.25, 0.3) is 0 Å². The zero-order valence-corrected chi connectivity index (χ0v) is 19.0. The summed E-state index contributed by atoms with van der Waals surface area (Å²) in [7, 11) is 0. The molecule has 0 aliphatic heterocycles. The highest BCUT2D eigenvalue weighted by Crippen LogP contribution is 2.27. The minimum atomic E-state index is -0.577. The van der Waals surface area contributed by atoms with Gasteiger partial charge >= 0.3 is 0 Å². The van der Waals surface area contributed by atoms with Crippen molar-refractivity contribution >= 4 is 46.8 Å². The fourth-order valence-electron chi connectivity index (χ4n) is 2.98. The number of nitrogens with one attached hydrogen (secondary N) is 1. The minimum absolute atomic E-state index is 0.111. The Bertz CT molecular complexity index is 797. The maximum absolute atomic E-state index is 13.1. The maximum atomic E-state index is 13.1. The number of hydrogen-bond acceptors (Lipinski definition) is 3. The lowest BCUT2D eigenvalue weighted by molar-refractivity contribution is -0.139. The topological polar surface area (TPSA) is 49.4 Å². The van der Waals surface area contributed by atoms with E-state index in [0.29, 0.717) is 28.6 Å². The summed E-state index contributed by atoms with van der Waals surface area (Å²) in [6.07, 6.45) is 0.503. The van der Waals surface area contributed by atoms with Crippen molar-refractivity contribution < 1.29 is 9.59 Å². The Balaban J connectivity index is 2.18. The predicted molar refractivity (Wildman–Crippen MR) is 122 cm³/mol. The molecule has 156 valence electrons. The van der Waals surface area contributed by atoms with Gasteiger partial charge in [-0.25, -0.2) is 0 Å². The van der Waals surface area contributed by atoms with Crippen molar-refractivity contribution in [3.63, 3.8) is 0 Å². The van der Waals surface area contributed by atoms with E-state index in [-0.39, 0.29) is 24.1 Å². The standard InChI is InChI=1S/C22H26Cl2N2O2S/c1-3-20(22(28)25-4-2)26(13-17-18(23)11-8-12-19(17)24)21(27)15-29-14-16-9-6-5-7-10-16/h5-12,20H,3-4,13-15H2,1-2H3,(H,25,28)/t20-/m0/s1. The molecule has 2 aromatic rings. The Morgan fingerprint density at radius 3 is 2.28 bits per heavy atom. The molecule has 0 fully saturated rings. The molecule has 0 aliphatic rings. The molecule has 0 heterocycles. The monoisotopic (exact) mass is 452 g/mol. The Morgan fingerprint density at radius 1 is 1.03 bits per heavy atom. The van der Waals surface area contributed by atoms with Crippen LogP contribution in [-0.2, 0) is 21.9 Å². The SMILES string of the molecule is CCNC(=O)[C@H](CC)N(Cc1c(Cl)cccc1Cl)C(=O)CSCc1ccccc1. The molecule has 2 amide bonds. The van der Waals surface area contributed by atoms with Crippen molar-refractivity contribution in [3.05, 3.63) is 69.7 Å². The number of amides is 2. The first kappa shape index (κ1) is 23.6. The van der Waals surface area contributed by atoms with Gasteiger partial charge in [-0.3, -0.25) is 9.59 Å². The summed E-state index contributed by atoms with van der Waals surface area (Å²) in [5.74, 6) is 0.720. The summed E-state index contributed by atoms with van der Waals surface area (Å²) in [5.41, 5.74) is 1.81. The Labute approximate surface area is 187 Å². The van der Waals surface area contributed by atoms with Crippen LogP contribution < -0.4 is 5.32 Å². The predicted octanol–water partition coefficient (Wildman–Crippen LogP) is 5.17. The van der Waals surface area contributed by atoms with Gasteiger partial charge in [0, 0.05) is 34.5 Å². The highest BCUT2D eigenvalue weighted by atomic mass is 35.5. The molecule has 2 aromatic carbocycles. The summed E-state index contributed by atoms with van der Waals surface area (Å²) in [4.78, 5) is 27.3. The average molecular weight is 453 g/mol. The van der Waals surface area contributed by atoms with Crippen LogP contribution in [0.4, 0.5) is 0 Å². The zero-order chi connectivity index (χ0) is 21.2. The first-order chi connectivity index (χ1) is 14.0. The molecule has 1 atom stereocenters. The quantitative estimate of drug-likeness (QED) is 0.540. The molecular formula is C22H26Cl2N2O2S. The van der Waals surface area contributed by atoms with Crippen LogP contribution >= 0.6 is 35.0 Å². The van der Waals surface area contributed by atoms with E-state index >= 15 is 0 Å². The van der Waals surface area contributed by atoms with E-state index in [1.165, 1.54) is 11.8 Å². The van der Waals surface area contributed by atoms with Gasteiger partial charge in [-0.15, -0.1) is 11.8 Å². The van der Waals surface area contributed by atoms with Crippen molar-refractivity contribution in [2.75, 3.05) is 12.3 Å². The maximum Gasteiger partial charge on any atom is 0.242 e. The number of rotatable bonds is 10. The number of thioether (sulfide) groups is 1. The smallest absolute Gasteiger partial charge is 0.242 e. The number of benzene rings is 2. The molecular weight excluding hydrogens is 427 g/mol. The van der Waals surface area contributed by atoms with Gasteiger partial charge in [-0.2, -0.15) is 0 Å². The first-order valence-electron chi connectivity index (χ1n) is 9.59. The summed E-state index contributed by atoms with van der Waals surface area (Å²) >= 11 is 14.2. The van der Waals surface area contributed by atoms with Crippen LogP contribution in [0.5, 0.6) is 0 Å². The third kappa shape index (κ3) is 6.95. The summed E-state index contributed by atoms with van der Waals surface area (Å²) < 4.78 is 0. The molecule has 0 aromatic heterocycles. The van der Waals surface area contributed by atoms with Crippen LogP contribution in [0, 0.1) is 0 Å². The third-order valence-electron chi connectivity index (χ3n) is 4.46. The second kappa shape index (κ2) is 12.1. The number of carbonyl (C=O) groups is 2. The van der Waals surface area contributed by atoms with Gasteiger partial charge in [0.25, 0.3) is 0 Å². The fraction of sp³-hybridized carbons (Fsp3) is 0.364. The van der Waals surface area contributed by atoms with Crippen molar-refractivity contribution in [2.45, 2.75) is 38.6 Å². The lowest BCUT2D eigenvalue weighted by Crippen LogP contribution is -2.49. The minimum Gasteiger partial charge on any atom is -0.355 e. The van der Waals surface area contributed by atoms with Crippen LogP contribution in [0.3, 0.4) is 0 Å². The van der Waals surface area contributed by atoms with E-state index in [1.54, 1.807) is 23.1 Å². The normalized spacial score (nSPS) is 11.7. The summed E-state index contributed by atoms with van der Waals surface area (Å²) in [6, 6.07) is 14.6. The highest BCUT2D eigenvalue weighted by molar-refractivity contribution is 7.99. The second-order valence-electron chi connectivity index (χ2n) is 6.52. The molecule has 2 rings (SSSR count). The van der Waals surface area contributed by atoms with Gasteiger partial charge in [-0.05, 0) is 31.0 Å². The van der Waals surface area contributed by atoms with Crippen molar-refractivity contribution in [1.82, 2.24) is 10.2 Å². The Kier molecular flexibility index (Phi) is 9.85. The van der Waals surface area contributed by atoms with E-state index in [9.17, 15) is 9.59 Å². The summed E-state index contributed by atoms with van der Waals surface area (Å²) in [6.45, 7) is 4.45. The van der Waals surface area contributed by atoms with Gasteiger partial charge in [-0.1, -0.05) is 66.5 Å². The van der Waals surface area contributed by atoms with Crippen LogP contribution in [0.1, 0.15) is 31.4 Å². The van der Waals surface area contributed by atoms with E-state index in [1.807, 2.05) is 44.2 Å². The van der Waals surface area contributed by atoms with Gasteiger partial charge in [0.15, 0.2) is 0 Å². The van der Waals surface area contributed by atoms with Crippen LogP contribution in [-0.4, -0.2) is 35.1 Å². The van der Waals surface area contributed by atoms with Crippen molar-refractivity contribution in [1.29, 1.82) is 0 Å². The van der Waals surface area contributed by atoms with E-state index in [4.69, 9.17) is 23.2 Å². The van der Waals surface area contributed by atoms with E-state index in [2.05, 4.69) is 5.32 Å². The molecule has 4 nitrogen and oxygen atoms in total. The molecule has 0 spiro atoms. The van der Waals surface area contributed by atoms with Gasteiger partial charge in [0.05, 0.1) is 5.75 Å². The zero-order valence-electron chi connectivity index (χ0n) is 16.7. The lowest BCUT2D eigenvalue weighted by Gasteiger charge is -2.31. The van der Waals surface area contributed by atoms with Crippen LogP contribution in [0.15, 0.2) is 48.5 Å². The number of carbonyl (C=O) groups excluding carboxylic acids is 2. The third-order valence-corrected chi connectivity index (χ3v) is 6.16. The average Bonchev–Trinajstić information content (AvgIpc) is 2.71. The second-order valence-corrected chi connectivity index (χ2v) is 8.32. The van der Waals surface area contributed by atoms with Crippen molar-refractivity contribution in [3.8, 4) is 0 Å². The molecule has 7 heteroatoms. The molecule has 1 N–H and O–H groups in total. The summed E-state index contributed by atoms with van der Waals surface area (Å²) in [5, 5.41) is 3.79. The largest absolute Gasteiger partial charge is 0.355 e. The Hall–Kier alpha value is -1.69. The van der Waals surface area contributed by atoms with Crippen LogP contribution in [0.2, 0.25) is 10.0 Å². The molecule has 29 heavy (non-hydrogen) atoms. The van der Waals surface area contributed by atoms with E-state index in [0.717, 1.165) is 11.3 Å². The van der Waals surface area contributed by atoms with Gasteiger partial charge < -0.3 is 10.2 Å². The Morgan fingerprint density at radius 2 is 1.69 bits per heavy atom.